The largest absolute Gasteiger partial charge is 0.355 e. The van der Waals surface area contributed by atoms with Gasteiger partial charge in [0.15, 0.2) is 5.96 Å². The van der Waals surface area contributed by atoms with Crippen molar-refractivity contribution in [2.75, 3.05) is 25.9 Å². The Bertz CT molecular complexity index is 389. The highest BCUT2D eigenvalue weighted by Gasteiger charge is 2.19. The highest BCUT2D eigenvalue weighted by molar-refractivity contribution is 7.89. The molecule has 112 valence electrons. The van der Waals surface area contributed by atoms with Crippen LogP contribution < -0.4 is 15.4 Å². The summed E-state index contributed by atoms with van der Waals surface area (Å²) in [7, 11) is -1.51. The molecule has 0 spiro atoms. The SMILES string of the molecule is CN=C(NCCS(=O)(=O)NCC1CCC1)NC(C)C. The molecule has 1 rings (SSSR count). The fourth-order valence-electron chi connectivity index (χ4n) is 1.79. The van der Waals surface area contributed by atoms with E-state index in [9.17, 15) is 8.42 Å². The molecule has 0 unspecified atom stereocenters. The minimum Gasteiger partial charge on any atom is -0.355 e. The van der Waals surface area contributed by atoms with Crippen LogP contribution in [0.15, 0.2) is 4.99 Å². The van der Waals surface area contributed by atoms with E-state index in [1.807, 2.05) is 13.8 Å². The summed E-state index contributed by atoms with van der Waals surface area (Å²) in [4.78, 5) is 4.02. The summed E-state index contributed by atoms with van der Waals surface area (Å²) in [5.41, 5.74) is 0. The van der Waals surface area contributed by atoms with E-state index in [-0.39, 0.29) is 11.8 Å². The van der Waals surface area contributed by atoms with Crippen molar-refractivity contribution in [3.8, 4) is 0 Å². The minimum absolute atomic E-state index is 0.0680. The van der Waals surface area contributed by atoms with E-state index in [4.69, 9.17) is 0 Å². The first-order valence-corrected chi connectivity index (χ1v) is 8.52. The zero-order valence-corrected chi connectivity index (χ0v) is 12.9. The lowest BCUT2D eigenvalue weighted by Crippen LogP contribution is -2.44. The molecule has 1 aliphatic carbocycles. The number of hydrogen-bond acceptors (Lipinski definition) is 3. The summed E-state index contributed by atoms with van der Waals surface area (Å²) in [5.74, 6) is 1.24. The van der Waals surface area contributed by atoms with Crippen LogP contribution in [0.3, 0.4) is 0 Å². The Hall–Kier alpha value is -0.820. The fourth-order valence-corrected chi connectivity index (χ4v) is 2.79. The molecule has 0 heterocycles. The van der Waals surface area contributed by atoms with Crippen LogP contribution in [0, 0.1) is 5.92 Å². The Labute approximate surface area is 116 Å². The van der Waals surface area contributed by atoms with E-state index in [1.54, 1.807) is 7.05 Å². The van der Waals surface area contributed by atoms with Gasteiger partial charge < -0.3 is 10.6 Å². The summed E-state index contributed by atoms with van der Waals surface area (Å²) < 4.78 is 26.2. The number of nitrogens with zero attached hydrogens (tertiary/aromatic N) is 1. The van der Waals surface area contributed by atoms with Crippen LogP contribution in [0.1, 0.15) is 33.1 Å². The quantitative estimate of drug-likeness (QED) is 0.464. The molecule has 0 radical (unpaired) electrons. The molecule has 0 bridgehead atoms. The summed E-state index contributed by atoms with van der Waals surface area (Å²) in [6.45, 7) is 4.95. The van der Waals surface area contributed by atoms with Crippen LogP contribution in [-0.4, -0.2) is 46.3 Å². The molecule has 0 saturated heterocycles. The van der Waals surface area contributed by atoms with E-state index < -0.39 is 10.0 Å². The van der Waals surface area contributed by atoms with Crippen LogP contribution in [-0.2, 0) is 10.0 Å². The normalized spacial score (nSPS) is 17.4. The van der Waals surface area contributed by atoms with Crippen LogP contribution in [0.4, 0.5) is 0 Å². The maximum absolute atomic E-state index is 11.8. The van der Waals surface area contributed by atoms with Gasteiger partial charge in [-0.3, -0.25) is 4.99 Å². The Balaban J connectivity index is 2.22. The number of rotatable bonds is 7. The average Bonchev–Trinajstić information content (AvgIpc) is 2.24. The summed E-state index contributed by atoms with van der Waals surface area (Å²) in [6, 6.07) is 0.263. The van der Waals surface area contributed by atoms with Gasteiger partial charge >= 0.3 is 0 Å². The second kappa shape index (κ2) is 7.69. The molecule has 1 aliphatic rings. The molecule has 19 heavy (non-hydrogen) atoms. The molecular weight excluding hydrogens is 264 g/mol. The van der Waals surface area contributed by atoms with Gasteiger partial charge in [0.25, 0.3) is 0 Å². The predicted molar refractivity (Wildman–Crippen MR) is 78.8 cm³/mol. The molecule has 1 fully saturated rings. The molecule has 0 aliphatic heterocycles. The van der Waals surface area contributed by atoms with Crippen LogP contribution in [0.5, 0.6) is 0 Å². The number of guanidine groups is 1. The smallest absolute Gasteiger partial charge is 0.213 e. The van der Waals surface area contributed by atoms with Gasteiger partial charge in [-0.05, 0) is 32.6 Å². The van der Waals surface area contributed by atoms with Crippen molar-refractivity contribution >= 4 is 16.0 Å². The van der Waals surface area contributed by atoms with Gasteiger partial charge in [0.05, 0.1) is 5.75 Å². The first-order chi connectivity index (χ1) is 8.93. The van der Waals surface area contributed by atoms with Crippen molar-refractivity contribution < 1.29 is 8.42 Å². The highest BCUT2D eigenvalue weighted by Crippen LogP contribution is 2.25. The maximum atomic E-state index is 11.8. The number of aliphatic imine (C=N–C) groups is 1. The Kier molecular flexibility index (Phi) is 6.57. The van der Waals surface area contributed by atoms with Gasteiger partial charge in [-0.15, -0.1) is 0 Å². The van der Waals surface area contributed by atoms with Gasteiger partial charge in [0.1, 0.15) is 0 Å². The van der Waals surface area contributed by atoms with Crippen LogP contribution in [0.25, 0.3) is 0 Å². The number of nitrogens with one attached hydrogen (secondary N) is 3. The van der Waals surface area contributed by atoms with Crippen molar-refractivity contribution in [2.24, 2.45) is 10.9 Å². The van der Waals surface area contributed by atoms with Gasteiger partial charge in [0.2, 0.25) is 10.0 Å². The second-order valence-electron chi connectivity index (χ2n) is 5.26. The zero-order valence-electron chi connectivity index (χ0n) is 12.1. The maximum Gasteiger partial charge on any atom is 0.213 e. The lowest BCUT2D eigenvalue weighted by Gasteiger charge is -2.25. The van der Waals surface area contributed by atoms with Crippen molar-refractivity contribution in [3.05, 3.63) is 0 Å². The van der Waals surface area contributed by atoms with E-state index >= 15 is 0 Å². The summed E-state index contributed by atoms with van der Waals surface area (Å²) >= 11 is 0. The average molecular weight is 290 g/mol. The Morgan fingerprint density at radius 1 is 1.37 bits per heavy atom. The van der Waals surface area contributed by atoms with Crippen LogP contribution in [0.2, 0.25) is 0 Å². The van der Waals surface area contributed by atoms with Crippen molar-refractivity contribution in [2.45, 2.75) is 39.2 Å². The molecule has 7 heteroatoms. The molecule has 0 aromatic rings. The molecule has 1 saturated carbocycles. The van der Waals surface area contributed by atoms with Gasteiger partial charge in [-0.25, -0.2) is 13.1 Å². The molecule has 3 N–H and O–H groups in total. The summed E-state index contributed by atoms with van der Waals surface area (Å²) in [6.07, 6.45) is 3.52. The lowest BCUT2D eigenvalue weighted by atomic mass is 9.86. The Morgan fingerprint density at radius 3 is 2.53 bits per heavy atom. The highest BCUT2D eigenvalue weighted by atomic mass is 32.2. The predicted octanol–water partition coefficient (Wildman–Crippen LogP) is 0.279. The third-order valence-corrected chi connectivity index (χ3v) is 4.48. The van der Waals surface area contributed by atoms with Crippen molar-refractivity contribution in [1.82, 2.24) is 15.4 Å². The van der Waals surface area contributed by atoms with E-state index in [0.29, 0.717) is 25.0 Å². The van der Waals surface area contributed by atoms with Crippen LogP contribution >= 0.6 is 0 Å². The second-order valence-corrected chi connectivity index (χ2v) is 7.19. The third-order valence-electron chi connectivity index (χ3n) is 3.13. The third kappa shape index (κ3) is 6.77. The molecular formula is C12H26N4O2S. The molecule has 0 aromatic heterocycles. The summed E-state index contributed by atoms with van der Waals surface area (Å²) in [5, 5.41) is 6.10. The molecule has 6 nitrogen and oxygen atoms in total. The lowest BCUT2D eigenvalue weighted by molar-refractivity contribution is 0.316. The van der Waals surface area contributed by atoms with Gasteiger partial charge in [-0.1, -0.05) is 6.42 Å². The Morgan fingerprint density at radius 2 is 2.05 bits per heavy atom. The monoisotopic (exact) mass is 290 g/mol. The first kappa shape index (κ1) is 16.2. The zero-order chi connectivity index (χ0) is 14.3. The number of sulfonamides is 1. The van der Waals surface area contributed by atoms with E-state index in [2.05, 4.69) is 20.3 Å². The van der Waals surface area contributed by atoms with E-state index in [0.717, 1.165) is 12.8 Å². The number of hydrogen-bond donors (Lipinski definition) is 3. The van der Waals surface area contributed by atoms with Gasteiger partial charge in [-0.2, -0.15) is 0 Å². The standard InChI is InChI=1S/C12H26N4O2S/c1-10(2)16-12(13-3)14-7-8-19(17,18)15-9-11-5-4-6-11/h10-11,15H,4-9H2,1-3H3,(H2,13,14,16). The topological polar surface area (TPSA) is 82.6 Å². The minimum atomic E-state index is -3.18. The van der Waals surface area contributed by atoms with Crippen molar-refractivity contribution in [1.29, 1.82) is 0 Å². The fraction of sp³-hybridized carbons (Fsp3) is 0.917. The molecule has 0 aromatic carbocycles. The van der Waals surface area contributed by atoms with Gasteiger partial charge in [0, 0.05) is 26.2 Å². The van der Waals surface area contributed by atoms with Crippen molar-refractivity contribution in [3.63, 3.8) is 0 Å². The molecule has 0 atom stereocenters. The van der Waals surface area contributed by atoms with E-state index in [1.165, 1.54) is 6.42 Å². The first-order valence-electron chi connectivity index (χ1n) is 6.87. The molecule has 0 amide bonds.